The van der Waals surface area contributed by atoms with E-state index >= 15 is 0 Å². The van der Waals surface area contributed by atoms with Crippen LogP contribution in [-0.2, 0) is 4.74 Å². The number of hydrogen-bond donors (Lipinski definition) is 1. The number of anilines is 2. The van der Waals surface area contributed by atoms with Crippen LogP contribution in [0.3, 0.4) is 0 Å². The van der Waals surface area contributed by atoms with Gasteiger partial charge in [-0.25, -0.2) is 0 Å². The summed E-state index contributed by atoms with van der Waals surface area (Å²) in [5, 5.41) is 19.5. The third-order valence-electron chi connectivity index (χ3n) is 5.17. The molecule has 0 amide bonds. The van der Waals surface area contributed by atoms with Gasteiger partial charge in [-0.2, -0.15) is 4.98 Å². The van der Waals surface area contributed by atoms with Crippen molar-refractivity contribution in [1.82, 2.24) is 19.6 Å². The maximum atomic E-state index is 9.88. The molecule has 2 unspecified atom stereocenters. The molecule has 5 rings (SSSR count). The van der Waals surface area contributed by atoms with Crippen LogP contribution in [0.25, 0.3) is 16.7 Å². The standard InChI is InChI=1S/C22H18ClN5O2/c1-27(16-4-2-3-14(11-16)5-8-20-19(29)9-10-30-20)21-17-7-6-15(23)12-18(17)28-13-24-26-22(28)25-21/h2-4,6-7,11-13,19-20,29H,9-10H2,1H3. The van der Waals surface area contributed by atoms with Gasteiger partial charge in [-0.15, -0.1) is 10.2 Å². The molecule has 7 nitrogen and oxygen atoms in total. The van der Waals surface area contributed by atoms with Gasteiger partial charge in [-0.05, 0) is 36.4 Å². The van der Waals surface area contributed by atoms with Gasteiger partial charge < -0.3 is 14.7 Å². The predicted molar refractivity (Wildman–Crippen MR) is 115 cm³/mol. The van der Waals surface area contributed by atoms with Gasteiger partial charge in [0.2, 0.25) is 0 Å². The smallest absolute Gasteiger partial charge is 0.257 e. The van der Waals surface area contributed by atoms with Crippen LogP contribution in [0.1, 0.15) is 12.0 Å². The average Bonchev–Trinajstić information content (AvgIpc) is 3.40. The van der Waals surface area contributed by atoms with Crippen molar-refractivity contribution in [3.63, 3.8) is 0 Å². The van der Waals surface area contributed by atoms with E-state index in [1.54, 1.807) is 6.33 Å². The molecular weight excluding hydrogens is 402 g/mol. The molecule has 1 N–H and O–H groups in total. The van der Waals surface area contributed by atoms with Gasteiger partial charge in [0.15, 0.2) is 0 Å². The molecule has 0 aliphatic carbocycles. The molecule has 2 aromatic carbocycles. The number of nitrogens with zero attached hydrogens (tertiary/aromatic N) is 5. The van der Waals surface area contributed by atoms with E-state index in [1.807, 2.05) is 58.8 Å². The maximum absolute atomic E-state index is 9.88. The van der Waals surface area contributed by atoms with Crippen LogP contribution in [0.5, 0.6) is 0 Å². The zero-order chi connectivity index (χ0) is 20.7. The lowest BCUT2D eigenvalue weighted by Gasteiger charge is -2.20. The fourth-order valence-corrected chi connectivity index (χ4v) is 3.73. The lowest BCUT2D eigenvalue weighted by atomic mass is 10.1. The Morgan fingerprint density at radius 3 is 3.00 bits per heavy atom. The average molecular weight is 420 g/mol. The molecule has 1 fully saturated rings. The van der Waals surface area contributed by atoms with Gasteiger partial charge in [0.25, 0.3) is 5.78 Å². The van der Waals surface area contributed by atoms with Crippen LogP contribution in [0.15, 0.2) is 48.8 Å². The Morgan fingerprint density at radius 2 is 2.17 bits per heavy atom. The van der Waals surface area contributed by atoms with E-state index in [-0.39, 0.29) is 0 Å². The summed E-state index contributed by atoms with van der Waals surface area (Å²) in [4.78, 5) is 6.68. The lowest BCUT2D eigenvalue weighted by Crippen LogP contribution is -2.18. The fraction of sp³-hybridized carbons (Fsp3) is 0.227. The van der Waals surface area contributed by atoms with Crippen molar-refractivity contribution in [2.24, 2.45) is 0 Å². The number of fused-ring (bicyclic) bond motifs is 3. The monoisotopic (exact) mass is 419 g/mol. The topological polar surface area (TPSA) is 75.8 Å². The highest BCUT2D eigenvalue weighted by Gasteiger charge is 2.23. The van der Waals surface area contributed by atoms with Crippen molar-refractivity contribution in [3.8, 4) is 11.8 Å². The Kier molecular flexibility index (Phi) is 4.75. The number of aromatic nitrogens is 4. The third kappa shape index (κ3) is 3.35. The zero-order valence-corrected chi connectivity index (χ0v) is 16.9. The van der Waals surface area contributed by atoms with Crippen LogP contribution in [0, 0.1) is 11.8 Å². The normalized spacial score (nSPS) is 18.5. The first-order valence-electron chi connectivity index (χ1n) is 9.54. The minimum Gasteiger partial charge on any atom is -0.389 e. The summed E-state index contributed by atoms with van der Waals surface area (Å²) in [5.41, 5.74) is 2.63. The number of rotatable bonds is 2. The van der Waals surface area contributed by atoms with Crippen molar-refractivity contribution in [2.45, 2.75) is 18.6 Å². The molecule has 150 valence electrons. The number of ether oxygens (including phenoxy) is 1. The van der Waals surface area contributed by atoms with E-state index in [4.69, 9.17) is 21.3 Å². The molecule has 0 bridgehead atoms. The molecule has 0 radical (unpaired) electrons. The van der Waals surface area contributed by atoms with Crippen LogP contribution in [0.2, 0.25) is 5.02 Å². The van der Waals surface area contributed by atoms with Gasteiger partial charge in [0.1, 0.15) is 18.2 Å². The molecule has 4 aromatic rings. The second-order valence-electron chi connectivity index (χ2n) is 7.12. The van der Waals surface area contributed by atoms with Gasteiger partial charge in [-0.3, -0.25) is 4.40 Å². The molecule has 8 heteroatoms. The van der Waals surface area contributed by atoms with Crippen molar-refractivity contribution < 1.29 is 9.84 Å². The summed E-state index contributed by atoms with van der Waals surface area (Å²) in [5.74, 6) is 7.36. The van der Waals surface area contributed by atoms with Gasteiger partial charge in [0, 0.05) is 35.1 Å². The first-order valence-corrected chi connectivity index (χ1v) is 9.92. The summed E-state index contributed by atoms with van der Waals surface area (Å²) in [6.45, 7) is 0.539. The number of hydrogen-bond acceptors (Lipinski definition) is 6. The molecule has 0 spiro atoms. The maximum Gasteiger partial charge on any atom is 0.257 e. The Labute approximate surface area is 177 Å². The highest BCUT2D eigenvalue weighted by molar-refractivity contribution is 6.31. The van der Waals surface area contributed by atoms with Gasteiger partial charge >= 0.3 is 0 Å². The first kappa shape index (κ1) is 18.8. The van der Waals surface area contributed by atoms with Crippen molar-refractivity contribution in [3.05, 3.63) is 59.4 Å². The Hall–Kier alpha value is -3.18. The molecule has 1 aliphatic rings. The highest BCUT2D eigenvalue weighted by atomic mass is 35.5. The summed E-state index contributed by atoms with van der Waals surface area (Å²) in [6, 6.07) is 13.5. The predicted octanol–water partition coefficient (Wildman–Crippen LogP) is 3.20. The minimum absolute atomic E-state index is 0.433. The van der Waals surface area contributed by atoms with E-state index in [1.165, 1.54) is 0 Å². The summed E-state index contributed by atoms with van der Waals surface area (Å²) in [7, 11) is 1.94. The second kappa shape index (κ2) is 7.58. The molecule has 1 aliphatic heterocycles. The number of halogens is 1. The van der Waals surface area contributed by atoms with E-state index < -0.39 is 12.2 Å². The van der Waals surface area contributed by atoms with Crippen LogP contribution >= 0.6 is 11.6 Å². The van der Waals surface area contributed by atoms with Gasteiger partial charge in [-0.1, -0.05) is 29.5 Å². The quantitative estimate of drug-likeness (QED) is 0.503. The van der Waals surface area contributed by atoms with Gasteiger partial charge in [0.05, 0.1) is 18.2 Å². The molecular formula is C22H18ClN5O2. The van der Waals surface area contributed by atoms with E-state index in [0.717, 1.165) is 28.0 Å². The molecule has 0 saturated carbocycles. The molecule has 1 saturated heterocycles. The molecule has 2 atom stereocenters. The van der Waals surface area contributed by atoms with E-state index in [9.17, 15) is 5.11 Å². The summed E-state index contributed by atoms with van der Waals surface area (Å²) in [6.07, 6.45) is 1.29. The van der Waals surface area contributed by atoms with E-state index in [2.05, 4.69) is 22.0 Å². The van der Waals surface area contributed by atoms with Crippen LogP contribution < -0.4 is 4.90 Å². The van der Waals surface area contributed by atoms with Crippen LogP contribution in [-0.4, -0.2) is 50.6 Å². The fourth-order valence-electron chi connectivity index (χ4n) is 3.56. The number of aliphatic hydroxyl groups is 1. The summed E-state index contributed by atoms with van der Waals surface area (Å²) < 4.78 is 7.27. The third-order valence-corrected chi connectivity index (χ3v) is 5.40. The summed E-state index contributed by atoms with van der Waals surface area (Å²) >= 11 is 6.22. The first-order chi connectivity index (χ1) is 14.6. The molecule has 30 heavy (non-hydrogen) atoms. The second-order valence-corrected chi connectivity index (χ2v) is 7.56. The Bertz CT molecular complexity index is 1310. The number of aliphatic hydroxyl groups excluding tert-OH is 1. The number of benzene rings is 2. The zero-order valence-electron chi connectivity index (χ0n) is 16.2. The SMILES string of the molecule is CN(c1cccc(C#CC2OCCC2O)c1)c1nc2nncn2c2cc(Cl)ccc12. The molecule has 2 aromatic heterocycles. The minimum atomic E-state index is -0.527. The van der Waals surface area contributed by atoms with Crippen LogP contribution in [0.4, 0.5) is 11.5 Å². The lowest BCUT2D eigenvalue weighted by molar-refractivity contribution is 0.0811. The highest BCUT2D eigenvalue weighted by Crippen LogP contribution is 2.31. The Morgan fingerprint density at radius 1 is 1.27 bits per heavy atom. The van der Waals surface area contributed by atoms with Crippen molar-refractivity contribution in [2.75, 3.05) is 18.6 Å². The van der Waals surface area contributed by atoms with Crippen molar-refractivity contribution >= 4 is 39.8 Å². The van der Waals surface area contributed by atoms with Crippen molar-refractivity contribution in [1.29, 1.82) is 0 Å². The Balaban J connectivity index is 1.55. The molecule has 3 heterocycles. The largest absolute Gasteiger partial charge is 0.389 e. The van der Waals surface area contributed by atoms with E-state index in [0.29, 0.717) is 23.8 Å².